The number of nitrogens with one attached hydrogen (secondary N) is 1. The molecule has 90 valence electrons. The van der Waals surface area contributed by atoms with E-state index >= 15 is 0 Å². The van der Waals surface area contributed by atoms with Gasteiger partial charge in [-0.3, -0.25) is 0 Å². The van der Waals surface area contributed by atoms with Gasteiger partial charge in [-0.1, -0.05) is 24.6 Å². The molecule has 0 bridgehead atoms. The lowest BCUT2D eigenvalue weighted by atomic mass is 10.1. The van der Waals surface area contributed by atoms with E-state index in [0.717, 1.165) is 12.1 Å². The molecule has 1 aromatic rings. The highest BCUT2D eigenvalue weighted by molar-refractivity contribution is 6.32. The summed E-state index contributed by atoms with van der Waals surface area (Å²) in [5, 5.41) is 3.97. The second kappa shape index (κ2) is 6.74. The van der Waals surface area contributed by atoms with Crippen molar-refractivity contribution >= 4 is 11.6 Å². The molecule has 1 N–H and O–H groups in total. The van der Waals surface area contributed by atoms with Gasteiger partial charge in [-0.2, -0.15) is 0 Å². The van der Waals surface area contributed by atoms with Crippen LogP contribution in [0.15, 0.2) is 18.2 Å². The fourth-order valence-electron chi connectivity index (χ4n) is 1.58. The zero-order chi connectivity index (χ0) is 12.0. The number of methoxy groups -OCH3 is 2. The number of rotatable bonds is 6. The summed E-state index contributed by atoms with van der Waals surface area (Å²) in [5.74, 6) is 0.693. The van der Waals surface area contributed by atoms with Crippen molar-refractivity contribution in [3.05, 3.63) is 28.8 Å². The van der Waals surface area contributed by atoms with Crippen LogP contribution >= 0.6 is 11.6 Å². The molecule has 4 heteroatoms. The fourth-order valence-corrected chi connectivity index (χ4v) is 1.77. The van der Waals surface area contributed by atoms with E-state index in [0.29, 0.717) is 17.4 Å². The van der Waals surface area contributed by atoms with Crippen LogP contribution in [0.3, 0.4) is 0 Å². The first-order chi connectivity index (χ1) is 7.72. The molecule has 0 aromatic heterocycles. The normalized spacial score (nSPS) is 12.5. The van der Waals surface area contributed by atoms with Crippen molar-refractivity contribution in [2.45, 2.75) is 13.0 Å². The third kappa shape index (κ3) is 3.37. The lowest BCUT2D eigenvalue weighted by Crippen LogP contribution is -2.24. The quantitative estimate of drug-likeness (QED) is 0.833. The van der Waals surface area contributed by atoms with Crippen LogP contribution in [-0.2, 0) is 4.74 Å². The Balaban J connectivity index is 2.90. The van der Waals surface area contributed by atoms with Crippen LogP contribution in [0, 0.1) is 0 Å². The predicted octanol–water partition coefficient (Wildman–Crippen LogP) is 2.65. The van der Waals surface area contributed by atoms with Crippen LogP contribution in [0.25, 0.3) is 0 Å². The number of halogens is 1. The average Bonchev–Trinajstić information content (AvgIpc) is 2.29. The summed E-state index contributed by atoms with van der Waals surface area (Å²) < 4.78 is 10.4. The number of benzene rings is 1. The largest absolute Gasteiger partial charge is 0.495 e. The topological polar surface area (TPSA) is 30.5 Å². The molecule has 0 heterocycles. The van der Waals surface area contributed by atoms with Gasteiger partial charge in [0.15, 0.2) is 0 Å². The lowest BCUT2D eigenvalue weighted by molar-refractivity contribution is 0.167. The Morgan fingerprint density at radius 3 is 2.69 bits per heavy atom. The molecule has 0 fully saturated rings. The summed E-state index contributed by atoms with van der Waals surface area (Å²) in [6.07, 6.45) is 0. The average molecular weight is 244 g/mol. The molecule has 0 spiro atoms. The minimum absolute atomic E-state index is 0.168. The molecular formula is C12H18ClNO2. The van der Waals surface area contributed by atoms with Gasteiger partial charge >= 0.3 is 0 Å². The van der Waals surface area contributed by atoms with E-state index in [1.165, 1.54) is 0 Å². The highest BCUT2D eigenvalue weighted by atomic mass is 35.5. The van der Waals surface area contributed by atoms with Gasteiger partial charge in [0.05, 0.1) is 24.8 Å². The van der Waals surface area contributed by atoms with Crippen molar-refractivity contribution in [1.82, 2.24) is 5.32 Å². The molecule has 0 radical (unpaired) electrons. The highest BCUT2D eigenvalue weighted by Crippen LogP contribution is 2.27. The van der Waals surface area contributed by atoms with Gasteiger partial charge in [0.25, 0.3) is 0 Å². The summed E-state index contributed by atoms with van der Waals surface area (Å²) in [4.78, 5) is 0. The van der Waals surface area contributed by atoms with Gasteiger partial charge in [0.2, 0.25) is 0 Å². The van der Waals surface area contributed by atoms with Gasteiger partial charge < -0.3 is 14.8 Å². The van der Waals surface area contributed by atoms with E-state index in [4.69, 9.17) is 21.1 Å². The van der Waals surface area contributed by atoms with Crippen molar-refractivity contribution in [1.29, 1.82) is 0 Å². The number of hydrogen-bond acceptors (Lipinski definition) is 3. The van der Waals surface area contributed by atoms with E-state index in [9.17, 15) is 0 Å². The first-order valence-corrected chi connectivity index (χ1v) is 5.66. The van der Waals surface area contributed by atoms with Crippen molar-refractivity contribution in [2.75, 3.05) is 27.4 Å². The SMILES string of the molecule is CCNC(COC)c1ccc(Cl)c(OC)c1. The first kappa shape index (κ1) is 13.3. The maximum absolute atomic E-state index is 5.98. The van der Waals surface area contributed by atoms with Crippen molar-refractivity contribution in [3.63, 3.8) is 0 Å². The summed E-state index contributed by atoms with van der Waals surface area (Å²) >= 11 is 5.98. The molecule has 0 amide bonds. The molecule has 1 unspecified atom stereocenters. The Labute approximate surface area is 102 Å². The Bertz CT molecular complexity index is 325. The highest BCUT2D eigenvalue weighted by Gasteiger charge is 2.12. The Hall–Kier alpha value is -0.770. The van der Waals surface area contributed by atoms with E-state index in [1.807, 2.05) is 18.2 Å². The zero-order valence-corrected chi connectivity index (χ0v) is 10.7. The maximum atomic E-state index is 5.98. The number of ether oxygens (including phenoxy) is 2. The third-order valence-electron chi connectivity index (χ3n) is 2.36. The monoisotopic (exact) mass is 243 g/mol. The zero-order valence-electron chi connectivity index (χ0n) is 9.92. The van der Waals surface area contributed by atoms with Crippen molar-refractivity contribution in [2.24, 2.45) is 0 Å². The molecule has 0 saturated carbocycles. The standard InChI is InChI=1S/C12H18ClNO2/c1-4-14-11(8-15-2)9-5-6-10(13)12(7-9)16-3/h5-7,11,14H,4,8H2,1-3H3. The van der Waals surface area contributed by atoms with Crippen molar-refractivity contribution < 1.29 is 9.47 Å². The molecular weight excluding hydrogens is 226 g/mol. The Kier molecular flexibility index (Phi) is 5.60. The van der Waals surface area contributed by atoms with Crippen molar-refractivity contribution in [3.8, 4) is 5.75 Å². The summed E-state index contributed by atoms with van der Waals surface area (Å²) in [7, 11) is 3.31. The Morgan fingerprint density at radius 1 is 1.38 bits per heavy atom. The molecule has 1 rings (SSSR count). The smallest absolute Gasteiger partial charge is 0.137 e. The van der Waals surface area contributed by atoms with Gasteiger partial charge in [0.1, 0.15) is 5.75 Å². The van der Waals surface area contributed by atoms with Crippen LogP contribution in [0.4, 0.5) is 0 Å². The van der Waals surface area contributed by atoms with Crippen LogP contribution < -0.4 is 10.1 Å². The van der Waals surface area contributed by atoms with E-state index in [2.05, 4.69) is 12.2 Å². The lowest BCUT2D eigenvalue weighted by Gasteiger charge is -2.18. The maximum Gasteiger partial charge on any atom is 0.137 e. The summed E-state index contributed by atoms with van der Waals surface area (Å²) in [6.45, 7) is 3.58. The third-order valence-corrected chi connectivity index (χ3v) is 2.67. The molecule has 0 aliphatic carbocycles. The van der Waals surface area contributed by atoms with E-state index < -0.39 is 0 Å². The van der Waals surface area contributed by atoms with Gasteiger partial charge in [-0.25, -0.2) is 0 Å². The summed E-state index contributed by atoms with van der Waals surface area (Å²) in [6, 6.07) is 5.93. The minimum atomic E-state index is 0.168. The molecule has 1 aromatic carbocycles. The molecule has 0 aliphatic rings. The number of likely N-dealkylation sites (N-methyl/N-ethyl adjacent to an activating group) is 1. The summed E-state index contributed by atoms with van der Waals surface area (Å²) in [5.41, 5.74) is 1.12. The number of hydrogen-bond donors (Lipinski definition) is 1. The molecule has 0 aliphatic heterocycles. The molecule has 16 heavy (non-hydrogen) atoms. The fraction of sp³-hybridized carbons (Fsp3) is 0.500. The molecule has 3 nitrogen and oxygen atoms in total. The van der Waals surface area contributed by atoms with Gasteiger partial charge in [-0.05, 0) is 24.2 Å². The molecule has 1 atom stereocenters. The minimum Gasteiger partial charge on any atom is -0.495 e. The van der Waals surface area contributed by atoms with Crippen LogP contribution in [0.1, 0.15) is 18.5 Å². The second-order valence-corrected chi connectivity index (χ2v) is 3.87. The first-order valence-electron chi connectivity index (χ1n) is 5.28. The van der Waals surface area contributed by atoms with Crippen LogP contribution in [0.2, 0.25) is 5.02 Å². The Morgan fingerprint density at radius 2 is 2.12 bits per heavy atom. The predicted molar refractivity (Wildman–Crippen MR) is 66.3 cm³/mol. The van der Waals surface area contributed by atoms with Gasteiger partial charge in [-0.15, -0.1) is 0 Å². The van der Waals surface area contributed by atoms with Gasteiger partial charge in [0, 0.05) is 7.11 Å². The van der Waals surface area contributed by atoms with Crippen LogP contribution in [-0.4, -0.2) is 27.4 Å². The molecule has 0 saturated heterocycles. The van der Waals surface area contributed by atoms with Crippen LogP contribution in [0.5, 0.6) is 5.75 Å². The second-order valence-electron chi connectivity index (χ2n) is 3.46. The van der Waals surface area contributed by atoms with E-state index in [1.54, 1.807) is 14.2 Å². The van der Waals surface area contributed by atoms with E-state index in [-0.39, 0.29) is 6.04 Å².